The fourth-order valence-electron chi connectivity index (χ4n) is 1.41. The van der Waals surface area contributed by atoms with Crippen LogP contribution >= 0.6 is 0 Å². The fourth-order valence-corrected chi connectivity index (χ4v) is 1.41. The van der Waals surface area contributed by atoms with Crippen molar-refractivity contribution in [1.82, 2.24) is 4.90 Å². The van der Waals surface area contributed by atoms with Gasteiger partial charge in [0, 0.05) is 19.6 Å². The molecule has 0 aromatic rings. The summed E-state index contributed by atoms with van der Waals surface area (Å²) in [6, 6.07) is 0. The van der Waals surface area contributed by atoms with E-state index in [9.17, 15) is 0 Å². The second-order valence-electron chi connectivity index (χ2n) is 3.03. The third kappa shape index (κ3) is 1.94. The Bertz CT molecular complexity index is 97.8. The first-order valence-electron chi connectivity index (χ1n) is 3.76. The zero-order valence-corrected chi connectivity index (χ0v) is 6.71. The van der Waals surface area contributed by atoms with Gasteiger partial charge in [0.1, 0.15) is 0 Å². The van der Waals surface area contributed by atoms with E-state index in [1.165, 1.54) is 0 Å². The van der Waals surface area contributed by atoms with E-state index in [0.29, 0.717) is 12.6 Å². The van der Waals surface area contributed by atoms with Gasteiger partial charge in [-0.1, -0.05) is 0 Å². The summed E-state index contributed by atoms with van der Waals surface area (Å²) in [7, 11) is 2.10. The highest BCUT2D eigenvalue weighted by Gasteiger charge is 2.20. The molecule has 1 aliphatic heterocycles. The molecule has 1 aliphatic rings. The fraction of sp³-hybridized carbons (Fsp3) is 1.00. The normalized spacial score (nSPS) is 36.3. The zero-order chi connectivity index (χ0) is 7.56. The number of nitrogens with two attached hydrogens (primary N) is 1. The van der Waals surface area contributed by atoms with Crippen molar-refractivity contribution in [3.8, 4) is 0 Å². The molecular weight excluding hydrogens is 128 g/mol. The molecule has 1 saturated heterocycles. The minimum atomic E-state index is 0.244. The van der Waals surface area contributed by atoms with Gasteiger partial charge < -0.3 is 15.4 Å². The molecule has 0 bridgehead atoms. The van der Waals surface area contributed by atoms with E-state index in [-0.39, 0.29) is 6.10 Å². The van der Waals surface area contributed by atoms with Gasteiger partial charge in [-0.3, -0.25) is 0 Å². The first kappa shape index (κ1) is 7.98. The molecule has 0 radical (unpaired) electrons. The molecule has 0 spiro atoms. The number of ether oxygens (including phenoxy) is 1. The first-order valence-corrected chi connectivity index (χ1v) is 3.76. The van der Waals surface area contributed by atoms with Crippen LogP contribution in [0.25, 0.3) is 0 Å². The molecule has 1 fully saturated rings. The predicted octanol–water partition coefficient (Wildman–Crippen LogP) is -0.336. The van der Waals surface area contributed by atoms with Gasteiger partial charge in [-0.25, -0.2) is 0 Å². The van der Waals surface area contributed by atoms with Gasteiger partial charge in [-0.05, 0) is 14.0 Å². The van der Waals surface area contributed by atoms with E-state index in [0.717, 1.165) is 13.1 Å². The van der Waals surface area contributed by atoms with Gasteiger partial charge in [-0.2, -0.15) is 0 Å². The SMILES string of the molecule is C[C@H]1CN(C)C[C@@H](CN)O1. The topological polar surface area (TPSA) is 38.5 Å². The van der Waals surface area contributed by atoms with Crippen molar-refractivity contribution in [1.29, 1.82) is 0 Å². The van der Waals surface area contributed by atoms with Crippen molar-refractivity contribution in [2.24, 2.45) is 5.73 Å². The van der Waals surface area contributed by atoms with Crippen LogP contribution in [0.1, 0.15) is 6.92 Å². The maximum absolute atomic E-state index is 5.54. The summed E-state index contributed by atoms with van der Waals surface area (Å²) in [5.41, 5.74) is 5.48. The van der Waals surface area contributed by atoms with E-state index >= 15 is 0 Å². The van der Waals surface area contributed by atoms with Gasteiger partial charge in [0.25, 0.3) is 0 Å². The van der Waals surface area contributed by atoms with Crippen LogP contribution in [0.3, 0.4) is 0 Å². The van der Waals surface area contributed by atoms with Crippen molar-refractivity contribution in [3.63, 3.8) is 0 Å². The molecule has 0 amide bonds. The van der Waals surface area contributed by atoms with E-state index in [2.05, 4.69) is 18.9 Å². The summed E-state index contributed by atoms with van der Waals surface area (Å²) < 4.78 is 5.54. The highest BCUT2D eigenvalue weighted by Crippen LogP contribution is 2.07. The van der Waals surface area contributed by atoms with Crippen molar-refractivity contribution in [2.45, 2.75) is 19.1 Å². The molecule has 0 aromatic heterocycles. The standard InChI is InChI=1S/C7H16N2O/c1-6-4-9(2)5-7(3-8)10-6/h6-7H,3-5,8H2,1-2H3/t6-,7+/m0/s1. The minimum Gasteiger partial charge on any atom is -0.371 e. The lowest BCUT2D eigenvalue weighted by Crippen LogP contribution is -2.47. The predicted molar refractivity (Wildman–Crippen MR) is 40.9 cm³/mol. The minimum absolute atomic E-state index is 0.244. The molecule has 1 heterocycles. The van der Waals surface area contributed by atoms with Crippen molar-refractivity contribution in [3.05, 3.63) is 0 Å². The molecule has 3 heteroatoms. The highest BCUT2D eigenvalue weighted by atomic mass is 16.5. The van der Waals surface area contributed by atoms with E-state index in [1.807, 2.05) is 0 Å². The third-order valence-corrected chi connectivity index (χ3v) is 1.77. The molecule has 60 valence electrons. The second-order valence-corrected chi connectivity index (χ2v) is 3.03. The van der Waals surface area contributed by atoms with E-state index < -0.39 is 0 Å². The van der Waals surface area contributed by atoms with Crippen LogP contribution < -0.4 is 5.73 Å². The molecule has 2 N–H and O–H groups in total. The maximum Gasteiger partial charge on any atom is 0.0828 e. The van der Waals surface area contributed by atoms with Crippen LogP contribution in [0.2, 0.25) is 0 Å². The number of nitrogens with zero attached hydrogens (tertiary/aromatic N) is 1. The molecule has 0 saturated carbocycles. The molecule has 0 aliphatic carbocycles. The molecule has 1 rings (SSSR count). The van der Waals surface area contributed by atoms with E-state index in [1.54, 1.807) is 0 Å². The van der Waals surface area contributed by atoms with Crippen LogP contribution in [-0.2, 0) is 4.74 Å². The average Bonchev–Trinajstić information content (AvgIpc) is 1.85. The average molecular weight is 144 g/mol. The van der Waals surface area contributed by atoms with Gasteiger partial charge in [0.05, 0.1) is 12.2 Å². The van der Waals surface area contributed by atoms with Gasteiger partial charge in [0.2, 0.25) is 0 Å². The summed E-state index contributed by atoms with van der Waals surface area (Å²) >= 11 is 0. The summed E-state index contributed by atoms with van der Waals surface area (Å²) in [5.74, 6) is 0. The molecule has 10 heavy (non-hydrogen) atoms. The first-order chi connectivity index (χ1) is 4.72. The lowest BCUT2D eigenvalue weighted by atomic mass is 10.2. The van der Waals surface area contributed by atoms with Crippen molar-refractivity contribution >= 4 is 0 Å². The Balaban J connectivity index is 2.35. The molecule has 2 atom stereocenters. The summed E-state index contributed by atoms with van der Waals surface area (Å²) in [4.78, 5) is 2.26. The number of hydrogen-bond donors (Lipinski definition) is 1. The van der Waals surface area contributed by atoms with Crippen molar-refractivity contribution in [2.75, 3.05) is 26.7 Å². The Labute approximate surface area is 62.1 Å². The molecule has 0 unspecified atom stereocenters. The van der Waals surface area contributed by atoms with Crippen LogP contribution in [0.5, 0.6) is 0 Å². The highest BCUT2D eigenvalue weighted by molar-refractivity contribution is 4.73. The number of likely N-dealkylation sites (N-methyl/N-ethyl adjacent to an activating group) is 1. The van der Waals surface area contributed by atoms with E-state index in [4.69, 9.17) is 10.5 Å². The largest absolute Gasteiger partial charge is 0.371 e. The Kier molecular flexibility index (Phi) is 2.65. The molecular formula is C7H16N2O. The van der Waals surface area contributed by atoms with Gasteiger partial charge >= 0.3 is 0 Å². The third-order valence-electron chi connectivity index (χ3n) is 1.77. The Morgan fingerprint density at radius 2 is 2.30 bits per heavy atom. The molecule has 0 aromatic carbocycles. The van der Waals surface area contributed by atoms with Gasteiger partial charge in [0.15, 0.2) is 0 Å². The Morgan fingerprint density at radius 3 is 2.80 bits per heavy atom. The van der Waals surface area contributed by atoms with Crippen LogP contribution in [-0.4, -0.2) is 43.8 Å². The van der Waals surface area contributed by atoms with Crippen LogP contribution in [0.4, 0.5) is 0 Å². The second kappa shape index (κ2) is 3.32. The summed E-state index contributed by atoms with van der Waals surface area (Å²) in [5, 5.41) is 0. The summed E-state index contributed by atoms with van der Waals surface area (Å²) in [6.07, 6.45) is 0.584. The lowest BCUT2D eigenvalue weighted by molar-refractivity contribution is -0.0644. The Hall–Kier alpha value is -0.120. The van der Waals surface area contributed by atoms with Crippen LogP contribution in [0, 0.1) is 0 Å². The van der Waals surface area contributed by atoms with Crippen molar-refractivity contribution < 1.29 is 4.74 Å². The zero-order valence-electron chi connectivity index (χ0n) is 6.71. The maximum atomic E-state index is 5.54. The number of hydrogen-bond acceptors (Lipinski definition) is 3. The number of rotatable bonds is 1. The lowest BCUT2D eigenvalue weighted by Gasteiger charge is -2.33. The number of morpholine rings is 1. The molecule has 3 nitrogen and oxygen atoms in total. The summed E-state index contributed by atoms with van der Waals surface area (Å²) in [6.45, 7) is 4.71. The quantitative estimate of drug-likeness (QED) is 0.547. The van der Waals surface area contributed by atoms with Crippen LogP contribution in [0.15, 0.2) is 0 Å². The van der Waals surface area contributed by atoms with Gasteiger partial charge in [-0.15, -0.1) is 0 Å². The Morgan fingerprint density at radius 1 is 1.60 bits per heavy atom. The smallest absolute Gasteiger partial charge is 0.0828 e. The monoisotopic (exact) mass is 144 g/mol.